The average molecular weight is 328 g/mol. The lowest BCUT2D eigenvalue weighted by Gasteiger charge is -2.04. The fourth-order valence-corrected chi connectivity index (χ4v) is 2.56. The molecule has 1 heterocycles. The van der Waals surface area contributed by atoms with Crippen LogP contribution in [0.2, 0.25) is 0 Å². The van der Waals surface area contributed by atoms with E-state index >= 15 is 0 Å². The van der Waals surface area contributed by atoms with Crippen LogP contribution in [0.4, 0.5) is 0 Å². The number of aromatic nitrogens is 1. The normalized spacial score (nSPS) is 10.9. The Hall–Kier alpha value is -1.87. The van der Waals surface area contributed by atoms with Crippen LogP contribution in [0.25, 0.3) is 10.8 Å². The minimum absolute atomic E-state index is 0.0860. The summed E-state index contributed by atoms with van der Waals surface area (Å²) in [5.74, 6) is 0.0860. The summed E-state index contributed by atoms with van der Waals surface area (Å²) in [4.78, 5) is 12.3. The van der Waals surface area contributed by atoms with Crippen LogP contribution in [-0.2, 0) is 6.42 Å². The Balaban J connectivity index is 1.86. The Labute approximate surface area is 126 Å². The van der Waals surface area contributed by atoms with Crippen molar-refractivity contribution in [2.75, 3.05) is 0 Å². The predicted molar refractivity (Wildman–Crippen MR) is 85.1 cm³/mol. The largest absolute Gasteiger partial charge is 0.293 e. The standard InChI is InChI=1S/C17H14BrNO/c1-12-8-13(6-7-16(12)18)9-17(20)19-10-14-4-2-3-5-15(14)11-19/h2-8,10-11H,9H2,1H3. The summed E-state index contributed by atoms with van der Waals surface area (Å²) in [7, 11) is 0. The van der Waals surface area contributed by atoms with Crippen LogP contribution in [-0.4, -0.2) is 10.5 Å². The highest BCUT2D eigenvalue weighted by molar-refractivity contribution is 9.10. The molecule has 0 spiro atoms. The molecule has 0 radical (unpaired) electrons. The van der Waals surface area contributed by atoms with E-state index in [0.717, 1.165) is 26.4 Å². The summed E-state index contributed by atoms with van der Waals surface area (Å²) in [5.41, 5.74) is 2.18. The first kappa shape index (κ1) is 13.1. The minimum atomic E-state index is 0.0860. The number of hydrogen-bond acceptors (Lipinski definition) is 1. The van der Waals surface area contributed by atoms with Crippen LogP contribution in [0.3, 0.4) is 0 Å². The molecule has 0 bridgehead atoms. The zero-order valence-corrected chi connectivity index (χ0v) is 12.7. The lowest BCUT2D eigenvalue weighted by Crippen LogP contribution is -2.11. The summed E-state index contributed by atoms with van der Waals surface area (Å²) in [6.07, 6.45) is 4.20. The number of nitrogens with zero attached hydrogens (tertiary/aromatic N) is 1. The Morgan fingerprint density at radius 2 is 1.75 bits per heavy atom. The highest BCUT2D eigenvalue weighted by Gasteiger charge is 2.08. The minimum Gasteiger partial charge on any atom is -0.293 e. The van der Waals surface area contributed by atoms with Crippen molar-refractivity contribution in [2.45, 2.75) is 13.3 Å². The molecule has 0 aliphatic rings. The number of benzene rings is 2. The SMILES string of the molecule is Cc1cc(CC(=O)n2cc3ccccc3c2)ccc1Br. The highest BCUT2D eigenvalue weighted by Crippen LogP contribution is 2.19. The van der Waals surface area contributed by atoms with Gasteiger partial charge >= 0.3 is 0 Å². The van der Waals surface area contributed by atoms with Gasteiger partial charge in [-0.1, -0.05) is 52.3 Å². The van der Waals surface area contributed by atoms with Crippen molar-refractivity contribution in [2.24, 2.45) is 0 Å². The Kier molecular flexibility index (Phi) is 3.45. The fourth-order valence-electron chi connectivity index (χ4n) is 2.31. The van der Waals surface area contributed by atoms with Gasteiger partial charge in [-0.2, -0.15) is 0 Å². The van der Waals surface area contributed by atoms with E-state index in [4.69, 9.17) is 0 Å². The summed E-state index contributed by atoms with van der Waals surface area (Å²) < 4.78 is 2.75. The molecule has 1 aromatic heterocycles. The lowest BCUT2D eigenvalue weighted by atomic mass is 10.1. The molecule has 0 unspecified atom stereocenters. The fraction of sp³-hybridized carbons (Fsp3) is 0.118. The molecule has 0 atom stereocenters. The van der Waals surface area contributed by atoms with E-state index in [0.29, 0.717) is 6.42 Å². The molecule has 0 aliphatic heterocycles. The molecule has 3 aromatic rings. The molecular formula is C17H14BrNO. The second kappa shape index (κ2) is 5.25. The van der Waals surface area contributed by atoms with Crippen molar-refractivity contribution in [1.82, 2.24) is 4.57 Å². The van der Waals surface area contributed by atoms with Crippen LogP contribution in [0.5, 0.6) is 0 Å². The van der Waals surface area contributed by atoms with Crippen molar-refractivity contribution < 1.29 is 4.79 Å². The van der Waals surface area contributed by atoms with Crippen LogP contribution in [0.15, 0.2) is 59.3 Å². The summed E-state index contributed by atoms with van der Waals surface area (Å²) in [6.45, 7) is 2.03. The molecule has 3 rings (SSSR count). The van der Waals surface area contributed by atoms with Crippen molar-refractivity contribution in [3.8, 4) is 0 Å². The van der Waals surface area contributed by atoms with E-state index in [2.05, 4.69) is 15.9 Å². The molecule has 3 heteroatoms. The van der Waals surface area contributed by atoms with Gasteiger partial charge in [0.2, 0.25) is 5.91 Å². The second-order valence-corrected chi connectivity index (χ2v) is 5.80. The lowest BCUT2D eigenvalue weighted by molar-refractivity contribution is 0.0915. The van der Waals surface area contributed by atoms with E-state index in [1.54, 1.807) is 4.57 Å². The van der Waals surface area contributed by atoms with E-state index in [-0.39, 0.29) is 5.91 Å². The monoisotopic (exact) mass is 327 g/mol. The Morgan fingerprint density at radius 1 is 1.10 bits per heavy atom. The Bertz CT molecular complexity index is 756. The van der Waals surface area contributed by atoms with Gasteiger partial charge in [-0.05, 0) is 34.9 Å². The van der Waals surface area contributed by atoms with Gasteiger partial charge in [0.1, 0.15) is 0 Å². The van der Waals surface area contributed by atoms with Crippen LogP contribution in [0.1, 0.15) is 15.9 Å². The number of aryl methyl sites for hydroxylation is 1. The maximum atomic E-state index is 12.3. The third kappa shape index (κ3) is 2.54. The van der Waals surface area contributed by atoms with Crippen molar-refractivity contribution >= 4 is 32.6 Å². The van der Waals surface area contributed by atoms with Crippen LogP contribution in [0, 0.1) is 6.92 Å². The maximum Gasteiger partial charge on any atom is 0.235 e. The van der Waals surface area contributed by atoms with Crippen LogP contribution >= 0.6 is 15.9 Å². The van der Waals surface area contributed by atoms with E-state index in [1.165, 1.54) is 0 Å². The van der Waals surface area contributed by atoms with Gasteiger partial charge in [0.15, 0.2) is 0 Å². The molecule has 20 heavy (non-hydrogen) atoms. The van der Waals surface area contributed by atoms with Crippen LogP contribution < -0.4 is 0 Å². The zero-order valence-electron chi connectivity index (χ0n) is 11.1. The number of halogens is 1. The number of hydrogen-bond donors (Lipinski definition) is 0. The smallest absolute Gasteiger partial charge is 0.235 e. The first-order chi connectivity index (χ1) is 9.63. The molecule has 0 saturated heterocycles. The van der Waals surface area contributed by atoms with Gasteiger partial charge in [-0.25, -0.2) is 0 Å². The zero-order chi connectivity index (χ0) is 14.1. The predicted octanol–water partition coefficient (Wildman–Crippen LogP) is 4.60. The molecule has 0 N–H and O–H groups in total. The molecule has 2 nitrogen and oxygen atoms in total. The van der Waals surface area contributed by atoms with Gasteiger partial charge in [-0.15, -0.1) is 0 Å². The highest BCUT2D eigenvalue weighted by atomic mass is 79.9. The molecule has 2 aromatic carbocycles. The third-order valence-electron chi connectivity index (χ3n) is 3.42. The third-order valence-corrected chi connectivity index (χ3v) is 4.31. The Morgan fingerprint density at radius 3 is 2.35 bits per heavy atom. The summed E-state index contributed by atoms with van der Waals surface area (Å²) >= 11 is 3.47. The number of carbonyl (C=O) groups excluding carboxylic acids is 1. The van der Waals surface area contributed by atoms with E-state index < -0.39 is 0 Å². The van der Waals surface area contributed by atoms with Gasteiger partial charge in [0.05, 0.1) is 6.42 Å². The molecule has 0 saturated carbocycles. The number of fused-ring (bicyclic) bond motifs is 1. The second-order valence-electron chi connectivity index (χ2n) is 4.95. The maximum absolute atomic E-state index is 12.3. The first-order valence-corrected chi connectivity index (χ1v) is 7.28. The molecule has 0 amide bonds. The molecular weight excluding hydrogens is 314 g/mol. The number of carbonyl (C=O) groups is 1. The van der Waals surface area contributed by atoms with Crippen molar-refractivity contribution in [3.63, 3.8) is 0 Å². The average Bonchev–Trinajstić information content (AvgIpc) is 2.87. The quantitative estimate of drug-likeness (QED) is 0.674. The van der Waals surface area contributed by atoms with Crippen molar-refractivity contribution in [1.29, 1.82) is 0 Å². The molecule has 0 aliphatic carbocycles. The summed E-state index contributed by atoms with van der Waals surface area (Å²) in [6, 6.07) is 14.0. The van der Waals surface area contributed by atoms with Crippen molar-refractivity contribution in [3.05, 3.63) is 70.5 Å². The topological polar surface area (TPSA) is 22.0 Å². The van der Waals surface area contributed by atoms with Gasteiger partial charge in [0.25, 0.3) is 0 Å². The van der Waals surface area contributed by atoms with E-state index in [1.807, 2.05) is 61.8 Å². The molecule has 0 fully saturated rings. The van der Waals surface area contributed by atoms with Gasteiger partial charge < -0.3 is 0 Å². The van der Waals surface area contributed by atoms with E-state index in [9.17, 15) is 4.79 Å². The summed E-state index contributed by atoms with van der Waals surface area (Å²) in [5, 5.41) is 2.18. The van der Waals surface area contributed by atoms with Gasteiger partial charge in [0, 0.05) is 16.9 Å². The number of rotatable bonds is 2. The first-order valence-electron chi connectivity index (χ1n) is 6.48. The van der Waals surface area contributed by atoms with Gasteiger partial charge in [-0.3, -0.25) is 9.36 Å². The molecule has 100 valence electrons.